The highest BCUT2D eigenvalue weighted by Crippen LogP contribution is 2.64. The minimum Gasteiger partial charge on any atom is -0.503 e. The summed E-state index contributed by atoms with van der Waals surface area (Å²) >= 11 is 6.49. The fourth-order valence-corrected chi connectivity index (χ4v) is 9.08. The number of methoxy groups -OCH3 is 1. The van der Waals surface area contributed by atoms with E-state index in [1.807, 2.05) is 19.1 Å². The van der Waals surface area contributed by atoms with Crippen LogP contribution in [0.15, 0.2) is 54.1 Å². The smallest absolute Gasteiger partial charge is 0.241 e. The van der Waals surface area contributed by atoms with Gasteiger partial charge < -0.3 is 9.84 Å². The molecule has 2 aliphatic heterocycles. The maximum Gasteiger partial charge on any atom is 0.241 e. The first kappa shape index (κ1) is 28.1. The van der Waals surface area contributed by atoms with Gasteiger partial charge in [-0.25, -0.2) is 4.90 Å². The van der Waals surface area contributed by atoms with Crippen LogP contribution in [0.2, 0.25) is 5.02 Å². The number of carbonyl (C=O) groups is 4. The van der Waals surface area contributed by atoms with Crippen molar-refractivity contribution in [1.82, 2.24) is 4.90 Å². The summed E-state index contributed by atoms with van der Waals surface area (Å²) < 4.78 is 5.44. The molecule has 2 aromatic rings. The molecule has 43 heavy (non-hydrogen) atoms. The third kappa shape index (κ3) is 3.94. The number of para-hydroxylation sites is 1. The molecule has 0 aromatic heterocycles. The van der Waals surface area contributed by atoms with E-state index in [9.17, 15) is 24.3 Å². The fraction of sp³-hybridized carbons (Fsp3) is 0.471. The number of carbonyl (C=O) groups excluding carboxylic acids is 4. The zero-order valence-corrected chi connectivity index (χ0v) is 25.0. The summed E-state index contributed by atoms with van der Waals surface area (Å²) in [6.07, 6.45) is 7.51. The van der Waals surface area contributed by atoms with Gasteiger partial charge in [-0.1, -0.05) is 60.7 Å². The van der Waals surface area contributed by atoms with E-state index in [-0.39, 0.29) is 46.2 Å². The predicted octanol–water partition coefficient (Wildman–Crippen LogP) is 5.62. The van der Waals surface area contributed by atoms with Crippen molar-refractivity contribution in [3.8, 4) is 11.5 Å². The number of allylic oxidation sites excluding steroid dienone is 2. The van der Waals surface area contributed by atoms with Crippen LogP contribution < -0.4 is 9.64 Å². The Morgan fingerprint density at radius 2 is 1.67 bits per heavy atom. The molecule has 0 bridgehead atoms. The van der Waals surface area contributed by atoms with Crippen molar-refractivity contribution < 1.29 is 29.0 Å². The fourth-order valence-electron chi connectivity index (χ4n) is 8.86. The molecular formula is C34H35ClN2O6. The monoisotopic (exact) mass is 602 g/mol. The topological polar surface area (TPSA) is 104 Å². The molecule has 224 valence electrons. The number of amides is 4. The van der Waals surface area contributed by atoms with Crippen LogP contribution in [0.1, 0.15) is 63.4 Å². The summed E-state index contributed by atoms with van der Waals surface area (Å²) in [6.45, 7) is 1.83. The van der Waals surface area contributed by atoms with Gasteiger partial charge in [0.15, 0.2) is 11.5 Å². The van der Waals surface area contributed by atoms with Gasteiger partial charge in [0.25, 0.3) is 0 Å². The van der Waals surface area contributed by atoms with Crippen molar-refractivity contribution in [2.24, 2.45) is 29.1 Å². The zero-order chi connectivity index (χ0) is 30.2. The van der Waals surface area contributed by atoms with Crippen molar-refractivity contribution in [1.29, 1.82) is 0 Å². The van der Waals surface area contributed by atoms with Gasteiger partial charge in [0.2, 0.25) is 23.6 Å². The van der Waals surface area contributed by atoms with E-state index < -0.39 is 35.0 Å². The molecule has 6 unspecified atom stereocenters. The van der Waals surface area contributed by atoms with Gasteiger partial charge in [-0.2, -0.15) is 0 Å². The standard InChI is InChI=1S/C34H35ClN2O6/c1-34-24(31(40)37(33(34)42)20-11-7-4-8-12-20)17-23-21(28(34)18-15-25(35)29(38)26(16-18)43-2)13-14-22-27(23)32(41)36(30(22)39)19-9-5-3-6-10-19/h4,7-8,11-13,15-16,19,22-24,27-28,38H,3,5-6,9-10,14,17H2,1-2H3. The number of aromatic hydroxyl groups is 1. The molecule has 8 nitrogen and oxygen atoms in total. The van der Waals surface area contributed by atoms with E-state index in [4.69, 9.17) is 16.3 Å². The van der Waals surface area contributed by atoms with Gasteiger partial charge in [0.1, 0.15) is 0 Å². The van der Waals surface area contributed by atoms with Crippen LogP contribution in [0.3, 0.4) is 0 Å². The summed E-state index contributed by atoms with van der Waals surface area (Å²) in [7, 11) is 1.43. The van der Waals surface area contributed by atoms with Gasteiger partial charge in [0, 0.05) is 12.0 Å². The Hall–Kier alpha value is -3.65. The van der Waals surface area contributed by atoms with Crippen molar-refractivity contribution in [2.75, 3.05) is 12.0 Å². The second kappa shape index (κ2) is 10.2. The lowest BCUT2D eigenvalue weighted by molar-refractivity contribution is -0.144. The zero-order valence-electron chi connectivity index (χ0n) is 24.3. The molecule has 2 heterocycles. The van der Waals surface area contributed by atoms with E-state index >= 15 is 0 Å². The van der Waals surface area contributed by atoms with E-state index in [1.165, 1.54) is 12.0 Å². The Kier molecular flexibility index (Phi) is 6.69. The maximum atomic E-state index is 14.5. The Bertz CT molecular complexity index is 1570. The number of hydrogen-bond acceptors (Lipinski definition) is 6. The molecule has 9 heteroatoms. The molecule has 2 saturated heterocycles. The normalized spacial score (nSPS) is 32.4. The molecule has 1 N–H and O–H groups in total. The average molecular weight is 603 g/mol. The van der Waals surface area contributed by atoms with Gasteiger partial charge in [0.05, 0.1) is 41.0 Å². The van der Waals surface area contributed by atoms with Crippen molar-refractivity contribution >= 4 is 40.9 Å². The Morgan fingerprint density at radius 3 is 2.37 bits per heavy atom. The largest absolute Gasteiger partial charge is 0.503 e. The number of hydrogen-bond donors (Lipinski definition) is 1. The molecule has 6 atom stereocenters. The van der Waals surface area contributed by atoms with Crippen LogP contribution in [0, 0.1) is 29.1 Å². The van der Waals surface area contributed by atoms with Crippen LogP contribution >= 0.6 is 11.6 Å². The summed E-state index contributed by atoms with van der Waals surface area (Å²) in [5, 5.41) is 10.6. The Labute approximate surface area is 255 Å². The van der Waals surface area contributed by atoms with Crippen LogP contribution in [-0.2, 0) is 19.2 Å². The first-order valence-electron chi connectivity index (χ1n) is 15.2. The van der Waals surface area contributed by atoms with Crippen LogP contribution in [0.4, 0.5) is 5.69 Å². The number of phenols is 1. The lowest BCUT2D eigenvalue weighted by atomic mass is 9.51. The van der Waals surface area contributed by atoms with Gasteiger partial charge in [-0.15, -0.1) is 0 Å². The second-order valence-corrected chi connectivity index (χ2v) is 13.3. The van der Waals surface area contributed by atoms with Crippen LogP contribution in [0.25, 0.3) is 0 Å². The summed E-state index contributed by atoms with van der Waals surface area (Å²) in [4.78, 5) is 59.5. The summed E-state index contributed by atoms with van der Waals surface area (Å²) in [5.41, 5.74) is 0.811. The summed E-state index contributed by atoms with van der Waals surface area (Å²) in [5.74, 6) is -3.70. The van der Waals surface area contributed by atoms with E-state index in [1.54, 1.807) is 41.3 Å². The lowest BCUT2D eigenvalue weighted by Gasteiger charge is -2.49. The SMILES string of the molecule is COc1cc(C2C3=CCC4C(=O)N(C5CCCCC5)C(=O)C4C3CC3C(=O)N(c4ccccc4)C(=O)C32C)cc(Cl)c1O. The van der Waals surface area contributed by atoms with Crippen LogP contribution in [0.5, 0.6) is 11.5 Å². The number of ether oxygens (including phenoxy) is 1. The number of fused-ring (bicyclic) bond motifs is 4. The third-order valence-electron chi connectivity index (χ3n) is 10.9. The Morgan fingerprint density at radius 1 is 0.953 bits per heavy atom. The minimum absolute atomic E-state index is 0.0678. The van der Waals surface area contributed by atoms with Crippen molar-refractivity contribution in [3.05, 3.63) is 64.7 Å². The minimum atomic E-state index is -1.19. The molecule has 4 amide bonds. The number of rotatable bonds is 4. The molecule has 2 aromatic carbocycles. The van der Waals surface area contributed by atoms with Gasteiger partial charge in [-0.3, -0.25) is 24.1 Å². The quantitative estimate of drug-likeness (QED) is 0.360. The number of nitrogens with zero attached hydrogens (tertiary/aromatic N) is 2. The number of phenolic OH excluding ortho intramolecular Hbond substituents is 1. The first-order chi connectivity index (χ1) is 20.7. The highest BCUT2D eigenvalue weighted by molar-refractivity contribution is 6.32. The lowest BCUT2D eigenvalue weighted by Crippen LogP contribution is -2.49. The molecule has 0 radical (unpaired) electrons. The van der Waals surface area contributed by atoms with Gasteiger partial charge >= 0.3 is 0 Å². The number of likely N-dealkylation sites (tertiary alicyclic amines) is 1. The molecule has 7 rings (SSSR count). The molecular weight excluding hydrogens is 568 g/mol. The average Bonchev–Trinajstić information content (AvgIpc) is 3.38. The van der Waals surface area contributed by atoms with Crippen molar-refractivity contribution in [3.63, 3.8) is 0 Å². The highest BCUT2D eigenvalue weighted by Gasteiger charge is 2.67. The predicted molar refractivity (Wildman–Crippen MR) is 159 cm³/mol. The molecule has 0 spiro atoms. The molecule has 3 aliphatic carbocycles. The third-order valence-corrected chi connectivity index (χ3v) is 11.2. The van der Waals surface area contributed by atoms with E-state index in [2.05, 4.69) is 0 Å². The molecule has 2 saturated carbocycles. The second-order valence-electron chi connectivity index (χ2n) is 12.9. The number of anilines is 1. The molecule has 5 aliphatic rings. The van der Waals surface area contributed by atoms with E-state index in [0.717, 1.165) is 37.7 Å². The molecule has 4 fully saturated rings. The maximum absolute atomic E-state index is 14.5. The number of imide groups is 2. The number of benzene rings is 2. The highest BCUT2D eigenvalue weighted by atomic mass is 35.5. The summed E-state index contributed by atoms with van der Waals surface area (Å²) in [6, 6.07) is 12.1. The van der Waals surface area contributed by atoms with Crippen molar-refractivity contribution in [2.45, 2.75) is 63.8 Å². The Balaban J connectivity index is 1.37. The van der Waals surface area contributed by atoms with E-state index in [0.29, 0.717) is 24.1 Å². The first-order valence-corrected chi connectivity index (χ1v) is 15.6. The van der Waals surface area contributed by atoms with Gasteiger partial charge in [-0.05, 0) is 68.4 Å². The van der Waals surface area contributed by atoms with Crippen LogP contribution in [-0.4, -0.2) is 46.8 Å². The number of halogens is 1.